The molecule has 3 heterocycles. The van der Waals surface area contributed by atoms with E-state index in [9.17, 15) is 0 Å². The molecule has 1 N–H and O–H groups in total. The number of aryl methyl sites for hydroxylation is 1. The number of nitrogens with zero attached hydrogens (tertiary/aromatic N) is 5. The molecule has 3 aromatic rings. The summed E-state index contributed by atoms with van der Waals surface area (Å²) in [4.78, 5) is 21.9. The summed E-state index contributed by atoms with van der Waals surface area (Å²) in [6, 6.07) is 5.94. The van der Waals surface area contributed by atoms with Crippen LogP contribution in [0, 0.1) is 6.92 Å². The average molecular weight is 332 g/mol. The second-order valence-corrected chi connectivity index (χ2v) is 6.44. The fourth-order valence-electron chi connectivity index (χ4n) is 2.89. The zero-order valence-electron chi connectivity index (χ0n) is 14.3. The first kappa shape index (κ1) is 15.6. The van der Waals surface area contributed by atoms with Gasteiger partial charge in [0.1, 0.15) is 12.1 Å². The largest absolute Gasteiger partial charge is 0.363 e. The van der Waals surface area contributed by atoms with Gasteiger partial charge in [0.15, 0.2) is 5.82 Å². The molecule has 1 saturated carbocycles. The van der Waals surface area contributed by atoms with Gasteiger partial charge in [-0.1, -0.05) is 0 Å². The van der Waals surface area contributed by atoms with E-state index in [1.807, 2.05) is 25.3 Å². The van der Waals surface area contributed by atoms with Crippen LogP contribution in [0.1, 0.15) is 48.7 Å². The zero-order chi connectivity index (χ0) is 17.2. The van der Waals surface area contributed by atoms with Crippen molar-refractivity contribution >= 4 is 5.82 Å². The minimum absolute atomic E-state index is 0.0634. The number of pyridine rings is 1. The monoisotopic (exact) mass is 332 g/mol. The van der Waals surface area contributed by atoms with Gasteiger partial charge in [0, 0.05) is 53.1 Å². The van der Waals surface area contributed by atoms with Crippen LogP contribution in [0.3, 0.4) is 0 Å². The summed E-state index contributed by atoms with van der Waals surface area (Å²) in [6.07, 6.45) is 9.49. The molecule has 1 fully saturated rings. The van der Waals surface area contributed by atoms with Crippen LogP contribution in [-0.4, -0.2) is 24.9 Å². The maximum atomic E-state index is 4.65. The lowest BCUT2D eigenvalue weighted by Crippen LogP contribution is -2.11. The third-order valence-corrected chi connectivity index (χ3v) is 4.47. The smallest absolute Gasteiger partial charge is 0.159 e. The van der Waals surface area contributed by atoms with E-state index < -0.39 is 0 Å². The molecular weight excluding hydrogens is 312 g/mol. The van der Waals surface area contributed by atoms with Crippen molar-refractivity contribution in [2.24, 2.45) is 0 Å². The van der Waals surface area contributed by atoms with Gasteiger partial charge in [0.25, 0.3) is 0 Å². The van der Waals surface area contributed by atoms with E-state index in [0.717, 1.165) is 28.3 Å². The van der Waals surface area contributed by atoms with Gasteiger partial charge >= 0.3 is 0 Å². The van der Waals surface area contributed by atoms with Gasteiger partial charge < -0.3 is 5.32 Å². The summed E-state index contributed by atoms with van der Waals surface area (Å²) in [5, 5.41) is 3.44. The molecule has 0 saturated heterocycles. The Morgan fingerprint density at radius 1 is 1.12 bits per heavy atom. The van der Waals surface area contributed by atoms with E-state index in [1.165, 1.54) is 12.8 Å². The fraction of sp³-hybridized carbons (Fsp3) is 0.316. The Kier molecular flexibility index (Phi) is 4.09. The Bertz CT molecular complexity index is 876. The first-order chi connectivity index (χ1) is 12.2. The summed E-state index contributed by atoms with van der Waals surface area (Å²) < 4.78 is 0. The molecule has 0 aromatic carbocycles. The summed E-state index contributed by atoms with van der Waals surface area (Å²) in [5.74, 6) is 2.18. The molecule has 25 heavy (non-hydrogen) atoms. The third-order valence-electron chi connectivity index (χ3n) is 4.47. The van der Waals surface area contributed by atoms with Gasteiger partial charge in [0.05, 0.1) is 6.04 Å². The molecule has 6 nitrogen and oxygen atoms in total. The summed E-state index contributed by atoms with van der Waals surface area (Å²) in [6.45, 7) is 4.10. The van der Waals surface area contributed by atoms with Crippen molar-refractivity contribution in [1.29, 1.82) is 0 Å². The minimum atomic E-state index is 0.0634. The van der Waals surface area contributed by atoms with Crippen molar-refractivity contribution in [1.82, 2.24) is 24.9 Å². The maximum Gasteiger partial charge on any atom is 0.159 e. The lowest BCUT2D eigenvalue weighted by Gasteiger charge is -2.17. The van der Waals surface area contributed by atoms with Crippen molar-refractivity contribution in [2.75, 3.05) is 5.32 Å². The highest BCUT2D eigenvalue weighted by atomic mass is 15.0. The number of nitrogens with one attached hydrogen (secondary N) is 1. The summed E-state index contributed by atoms with van der Waals surface area (Å²) in [5.41, 5.74) is 4.11. The molecule has 0 bridgehead atoms. The van der Waals surface area contributed by atoms with Crippen LogP contribution in [0.5, 0.6) is 0 Å². The highest BCUT2D eigenvalue weighted by Crippen LogP contribution is 2.39. The van der Waals surface area contributed by atoms with E-state index in [-0.39, 0.29) is 6.04 Å². The third kappa shape index (κ3) is 3.47. The van der Waals surface area contributed by atoms with E-state index in [2.05, 4.69) is 43.2 Å². The normalized spacial score (nSPS) is 15.0. The molecule has 0 unspecified atom stereocenters. The SMILES string of the molecule is Cc1nc(-c2ccncc2)ncc1[C@@H](C)Nc1cc(C2CC2)ncn1. The summed E-state index contributed by atoms with van der Waals surface area (Å²) in [7, 11) is 0. The van der Waals surface area contributed by atoms with Gasteiger partial charge in [-0.05, 0) is 38.8 Å². The minimum Gasteiger partial charge on any atom is -0.363 e. The van der Waals surface area contributed by atoms with Crippen LogP contribution in [0.4, 0.5) is 5.82 Å². The Labute approximate surface area is 146 Å². The number of hydrogen-bond acceptors (Lipinski definition) is 6. The van der Waals surface area contributed by atoms with Gasteiger partial charge in [-0.25, -0.2) is 19.9 Å². The Morgan fingerprint density at radius 2 is 1.92 bits per heavy atom. The van der Waals surface area contributed by atoms with Gasteiger partial charge in [0.2, 0.25) is 0 Å². The van der Waals surface area contributed by atoms with Crippen molar-refractivity contribution in [2.45, 2.75) is 38.6 Å². The molecule has 1 aliphatic carbocycles. The summed E-state index contributed by atoms with van der Waals surface area (Å²) >= 11 is 0. The van der Waals surface area contributed by atoms with Crippen molar-refractivity contribution in [3.8, 4) is 11.4 Å². The lowest BCUT2D eigenvalue weighted by molar-refractivity contribution is 0.834. The average Bonchev–Trinajstić information content (AvgIpc) is 3.48. The van der Waals surface area contributed by atoms with Crippen LogP contribution in [-0.2, 0) is 0 Å². The fourth-order valence-corrected chi connectivity index (χ4v) is 2.89. The molecule has 0 spiro atoms. The Morgan fingerprint density at radius 3 is 2.64 bits per heavy atom. The molecule has 1 atom stereocenters. The van der Waals surface area contributed by atoms with Crippen molar-refractivity contribution < 1.29 is 0 Å². The molecule has 1 aliphatic rings. The second-order valence-electron chi connectivity index (χ2n) is 6.44. The van der Waals surface area contributed by atoms with E-state index >= 15 is 0 Å². The maximum absolute atomic E-state index is 4.65. The Hall–Kier alpha value is -2.89. The van der Waals surface area contributed by atoms with E-state index in [0.29, 0.717) is 11.7 Å². The van der Waals surface area contributed by atoms with Crippen LogP contribution < -0.4 is 5.32 Å². The molecular formula is C19H20N6. The molecule has 126 valence electrons. The molecule has 0 aliphatic heterocycles. The zero-order valence-corrected chi connectivity index (χ0v) is 14.3. The Balaban J connectivity index is 1.54. The quantitative estimate of drug-likeness (QED) is 0.768. The van der Waals surface area contributed by atoms with Crippen molar-refractivity contribution in [3.05, 3.63) is 60.1 Å². The highest BCUT2D eigenvalue weighted by molar-refractivity contribution is 5.54. The molecule has 0 amide bonds. The highest BCUT2D eigenvalue weighted by Gasteiger charge is 2.25. The molecule has 6 heteroatoms. The number of hydrogen-bond donors (Lipinski definition) is 1. The number of rotatable bonds is 5. The van der Waals surface area contributed by atoms with Gasteiger partial charge in [-0.3, -0.25) is 4.98 Å². The molecule has 3 aromatic heterocycles. The van der Waals surface area contributed by atoms with Gasteiger partial charge in [-0.15, -0.1) is 0 Å². The van der Waals surface area contributed by atoms with Crippen LogP contribution in [0.25, 0.3) is 11.4 Å². The number of aromatic nitrogens is 5. The van der Waals surface area contributed by atoms with Crippen LogP contribution in [0.15, 0.2) is 43.1 Å². The predicted octanol–water partition coefficient (Wildman–Crippen LogP) is 3.69. The topological polar surface area (TPSA) is 76.5 Å². The molecule has 4 rings (SSSR count). The lowest BCUT2D eigenvalue weighted by atomic mass is 10.1. The van der Waals surface area contributed by atoms with E-state index in [1.54, 1.807) is 18.7 Å². The first-order valence-electron chi connectivity index (χ1n) is 8.53. The number of anilines is 1. The van der Waals surface area contributed by atoms with Crippen LogP contribution >= 0.6 is 0 Å². The van der Waals surface area contributed by atoms with Crippen LogP contribution in [0.2, 0.25) is 0 Å². The van der Waals surface area contributed by atoms with Crippen molar-refractivity contribution in [3.63, 3.8) is 0 Å². The second kappa shape index (κ2) is 6.55. The standard InChI is InChI=1S/C19H20N6/c1-12(24-18-9-17(14-3-4-14)22-11-23-18)16-10-21-19(25-13(16)2)15-5-7-20-8-6-15/h5-12,14H,3-4H2,1-2H3,(H,22,23,24)/t12-/m1/s1. The predicted molar refractivity (Wildman–Crippen MR) is 96.0 cm³/mol. The molecule has 0 radical (unpaired) electrons. The van der Waals surface area contributed by atoms with E-state index in [4.69, 9.17) is 0 Å². The first-order valence-corrected chi connectivity index (χ1v) is 8.53. The van der Waals surface area contributed by atoms with Gasteiger partial charge in [-0.2, -0.15) is 0 Å².